The average molecular weight is 272 g/mol. The summed E-state index contributed by atoms with van der Waals surface area (Å²) in [5.41, 5.74) is 1.62. The molecule has 0 aromatic heterocycles. The molecule has 0 aromatic carbocycles. The summed E-state index contributed by atoms with van der Waals surface area (Å²) in [4.78, 5) is 0. The number of unbranched alkanes of at least 4 members (excludes halogenated alkanes) is 2. The van der Waals surface area contributed by atoms with Crippen molar-refractivity contribution in [3.8, 4) is 0 Å². The Labute approximate surface area is 117 Å². The zero-order valence-electron chi connectivity index (χ0n) is 13.8. The average Bonchev–Trinajstić information content (AvgIpc) is 2.12. The maximum absolute atomic E-state index is 2.64. The van der Waals surface area contributed by atoms with Crippen molar-refractivity contribution in [2.45, 2.75) is 78.3 Å². The Balaban J connectivity index is 2.45. The van der Waals surface area contributed by atoms with E-state index in [0.717, 1.165) is 11.6 Å². The SMILES string of the molecule is CCCCCC(C)[PH](C)(C)CC(C)(C)C1CCC1. The van der Waals surface area contributed by atoms with E-state index in [9.17, 15) is 0 Å². The van der Waals surface area contributed by atoms with Gasteiger partial charge in [0.2, 0.25) is 0 Å². The molecule has 1 heteroatoms. The van der Waals surface area contributed by atoms with Gasteiger partial charge >= 0.3 is 116 Å². The summed E-state index contributed by atoms with van der Waals surface area (Å²) in [5.74, 6) is 1.03. The van der Waals surface area contributed by atoms with Crippen molar-refractivity contribution in [2.75, 3.05) is 19.5 Å². The summed E-state index contributed by atoms with van der Waals surface area (Å²) in [6.07, 6.45) is 11.8. The van der Waals surface area contributed by atoms with Gasteiger partial charge in [0, 0.05) is 0 Å². The van der Waals surface area contributed by atoms with E-state index in [1.165, 1.54) is 51.1 Å². The molecule has 0 aliphatic heterocycles. The van der Waals surface area contributed by atoms with Crippen LogP contribution in [0.2, 0.25) is 0 Å². The number of hydrogen-bond donors (Lipinski definition) is 0. The van der Waals surface area contributed by atoms with Gasteiger partial charge in [0.1, 0.15) is 0 Å². The van der Waals surface area contributed by atoms with Gasteiger partial charge in [-0.2, -0.15) is 0 Å². The van der Waals surface area contributed by atoms with Crippen LogP contribution >= 0.6 is 7.26 Å². The molecule has 0 heterocycles. The molecule has 110 valence electrons. The standard InChI is InChI=1S/C17H37P/c1-7-8-9-11-15(2)18(5,6)14-17(3,4)16-12-10-13-16/h15-16,18H,7-14H2,1-6H3. The Kier molecular flexibility index (Phi) is 6.17. The molecule has 1 aliphatic carbocycles. The van der Waals surface area contributed by atoms with Crippen LogP contribution < -0.4 is 0 Å². The van der Waals surface area contributed by atoms with E-state index >= 15 is 0 Å². The Bertz CT molecular complexity index is 238. The number of rotatable bonds is 8. The quantitative estimate of drug-likeness (QED) is 0.387. The summed E-state index contributed by atoms with van der Waals surface area (Å²) in [7, 11) is -1.04. The molecule has 1 saturated carbocycles. The molecule has 0 radical (unpaired) electrons. The maximum atomic E-state index is 2.64. The van der Waals surface area contributed by atoms with Crippen LogP contribution in [0.5, 0.6) is 0 Å². The first-order valence-corrected chi connectivity index (χ1v) is 11.6. The summed E-state index contributed by atoms with van der Waals surface area (Å²) in [6, 6.07) is 0. The van der Waals surface area contributed by atoms with Gasteiger partial charge in [-0.1, -0.05) is 0 Å². The molecule has 18 heavy (non-hydrogen) atoms. The molecule has 0 nitrogen and oxygen atoms in total. The van der Waals surface area contributed by atoms with E-state index in [1.807, 2.05) is 0 Å². The van der Waals surface area contributed by atoms with Crippen LogP contribution in [0.1, 0.15) is 72.6 Å². The first kappa shape index (κ1) is 16.5. The third-order valence-corrected chi connectivity index (χ3v) is 10.5. The first-order valence-electron chi connectivity index (χ1n) is 8.29. The van der Waals surface area contributed by atoms with Crippen LogP contribution in [-0.4, -0.2) is 25.2 Å². The molecule has 0 aromatic rings. The van der Waals surface area contributed by atoms with E-state index < -0.39 is 7.26 Å². The van der Waals surface area contributed by atoms with Gasteiger partial charge in [0.15, 0.2) is 0 Å². The summed E-state index contributed by atoms with van der Waals surface area (Å²) in [6.45, 7) is 15.2. The van der Waals surface area contributed by atoms with Crippen molar-refractivity contribution in [1.82, 2.24) is 0 Å². The molecule has 0 spiro atoms. The predicted molar refractivity (Wildman–Crippen MR) is 89.8 cm³/mol. The molecule has 1 unspecified atom stereocenters. The molecular formula is C17H37P. The van der Waals surface area contributed by atoms with Crippen molar-refractivity contribution in [3.63, 3.8) is 0 Å². The van der Waals surface area contributed by atoms with E-state index in [0.29, 0.717) is 5.41 Å². The Hall–Kier alpha value is 0.430. The van der Waals surface area contributed by atoms with Gasteiger partial charge in [-0.25, -0.2) is 0 Å². The van der Waals surface area contributed by atoms with Crippen molar-refractivity contribution < 1.29 is 0 Å². The fourth-order valence-electron chi connectivity index (χ4n) is 3.77. The minimum absolute atomic E-state index is 0.618. The molecule has 0 amide bonds. The second-order valence-corrected chi connectivity index (χ2v) is 13.5. The van der Waals surface area contributed by atoms with Crippen molar-refractivity contribution in [2.24, 2.45) is 11.3 Å². The van der Waals surface area contributed by atoms with Crippen molar-refractivity contribution in [1.29, 1.82) is 0 Å². The summed E-state index contributed by atoms with van der Waals surface area (Å²) >= 11 is 0. The molecular weight excluding hydrogens is 235 g/mol. The van der Waals surface area contributed by atoms with E-state index in [1.54, 1.807) is 0 Å². The van der Waals surface area contributed by atoms with Gasteiger partial charge in [0.25, 0.3) is 0 Å². The van der Waals surface area contributed by atoms with Gasteiger partial charge < -0.3 is 0 Å². The molecule has 1 fully saturated rings. The van der Waals surface area contributed by atoms with Gasteiger partial charge in [-0.05, 0) is 0 Å². The zero-order valence-corrected chi connectivity index (χ0v) is 14.8. The molecule has 0 bridgehead atoms. The van der Waals surface area contributed by atoms with Crippen LogP contribution in [0.15, 0.2) is 0 Å². The topological polar surface area (TPSA) is 0 Å². The second-order valence-electron chi connectivity index (χ2n) is 8.18. The summed E-state index contributed by atoms with van der Waals surface area (Å²) < 4.78 is 0. The molecule has 1 aliphatic rings. The Morgan fingerprint density at radius 1 is 1.17 bits per heavy atom. The summed E-state index contributed by atoms with van der Waals surface area (Å²) in [5, 5.41) is 0. The van der Waals surface area contributed by atoms with Crippen LogP contribution in [0, 0.1) is 11.3 Å². The van der Waals surface area contributed by atoms with Gasteiger partial charge in [-0.3, -0.25) is 0 Å². The van der Waals surface area contributed by atoms with Crippen LogP contribution in [0.4, 0.5) is 0 Å². The molecule has 1 rings (SSSR count). The van der Waals surface area contributed by atoms with Gasteiger partial charge in [0.05, 0.1) is 0 Å². The van der Waals surface area contributed by atoms with Gasteiger partial charge in [-0.15, -0.1) is 0 Å². The first-order chi connectivity index (χ1) is 8.29. The van der Waals surface area contributed by atoms with Crippen molar-refractivity contribution >= 4 is 7.26 Å². The Morgan fingerprint density at radius 2 is 1.78 bits per heavy atom. The molecule has 1 atom stereocenters. The minimum atomic E-state index is -1.04. The second kappa shape index (κ2) is 6.74. The molecule has 0 saturated heterocycles. The third kappa shape index (κ3) is 4.52. The van der Waals surface area contributed by atoms with Crippen molar-refractivity contribution in [3.05, 3.63) is 0 Å². The fourth-order valence-corrected chi connectivity index (χ4v) is 7.75. The van der Waals surface area contributed by atoms with E-state index in [-0.39, 0.29) is 0 Å². The van der Waals surface area contributed by atoms with E-state index in [2.05, 4.69) is 41.0 Å². The normalized spacial score (nSPS) is 20.6. The zero-order chi connectivity index (χ0) is 13.8. The Morgan fingerprint density at radius 3 is 2.22 bits per heavy atom. The third-order valence-electron chi connectivity index (χ3n) is 5.70. The fraction of sp³-hybridized carbons (Fsp3) is 1.00. The van der Waals surface area contributed by atoms with E-state index in [4.69, 9.17) is 0 Å². The van der Waals surface area contributed by atoms with Crippen LogP contribution in [-0.2, 0) is 0 Å². The van der Waals surface area contributed by atoms with Crippen LogP contribution in [0.25, 0.3) is 0 Å². The molecule has 0 N–H and O–H groups in total. The number of hydrogen-bond acceptors (Lipinski definition) is 0. The monoisotopic (exact) mass is 272 g/mol. The van der Waals surface area contributed by atoms with Crippen LogP contribution in [0.3, 0.4) is 0 Å². The predicted octanol–water partition coefficient (Wildman–Crippen LogP) is 5.79.